The molecule has 0 aromatic carbocycles. The number of nitrogens with zero attached hydrogens (tertiary/aromatic N) is 1. The molecule has 2 rings (SSSR count). The smallest absolute Gasteiger partial charge is 0.191 e. The molecule has 1 unspecified atom stereocenters. The lowest BCUT2D eigenvalue weighted by molar-refractivity contribution is 0.475. The van der Waals surface area contributed by atoms with Crippen molar-refractivity contribution in [2.75, 3.05) is 13.1 Å². The lowest BCUT2D eigenvalue weighted by Crippen LogP contribution is -2.38. The van der Waals surface area contributed by atoms with E-state index >= 15 is 0 Å². The van der Waals surface area contributed by atoms with Gasteiger partial charge in [0.25, 0.3) is 0 Å². The second-order valence-electron chi connectivity index (χ2n) is 4.04. The Balaban J connectivity index is 2.07. The minimum Gasteiger partial charge on any atom is -0.355 e. The molecule has 0 fully saturated rings. The Bertz CT molecular complexity index is 330. The summed E-state index contributed by atoms with van der Waals surface area (Å²) in [5.74, 6) is 1.51. The van der Waals surface area contributed by atoms with Gasteiger partial charge in [-0.15, -0.1) is 11.3 Å². The van der Waals surface area contributed by atoms with E-state index in [-0.39, 0.29) is 0 Å². The van der Waals surface area contributed by atoms with E-state index < -0.39 is 0 Å². The molecule has 0 spiro atoms. The van der Waals surface area contributed by atoms with Crippen LogP contribution in [0.4, 0.5) is 0 Å². The zero-order valence-electron chi connectivity index (χ0n) is 9.16. The number of nitrogens with one attached hydrogen (secondary N) is 2. The molecule has 2 N–H and O–H groups in total. The second kappa shape index (κ2) is 4.66. The third-order valence-electron chi connectivity index (χ3n) is 2.48. The number of guanidine groups is 1. The predicted octanol–water partition coefficient (Wildman–Crippen LogP) is 1.99. The summed E-state index contributed by atoms with van der Waals surface area (Å²) >= 11 is 1.80. The molecule has 15 heavy (non-hydrogen) atoms. The standard InChI is InChI=1S/C11H17N3S/c1-8(2)10(9-4-3-7-15-9)14-11-12-5-6-13-11/h3-4,7-8,10H,5-6H2,1-2H3,(H2,12,13,14). The summed E-state index contributed by atoms with van der Waals surface area (Å²) in [7, 11) is 0. The summed E-state index contributed by atoms with van der Waals surface area (Å²) in [6, 6.07) is 4.65. The highest BCUT2D eigenvalue weighted by molar-refractivity contribution is 7.10. The molecule has 1 aromatic rings. The first-order chi connectivity index (χ1) is 7.27. The Morgan fingerprint density at radius 2 is 2.40 bits per heavy atom. The number of thiophene rings is 1. The van der Waals surface area contributed by atoms with Crippen molar-refractivity contribution in [3.05, 3.63) is 22.4 Å². The Kier molecular flexibility index (Phi) is 3.26. The molecule has 1 atom stereocenters. The van der Waals surface area contributed by atoms with Gasteiger partial charge in [-0.1, -0.05) is 19.9 Å². The SMILES string of the molecule is CC(C)C(NC1=NCCN1)c1cccs1. The highest BCUT2D eigenvalue weighted by Crippen LogP contribution is 2.25. The zero-order chi connectivity index (χ0) is 10.7. The topological polar surface area (TPSA) is 36.4 Å². The largest absolute Gasteiger partial charge is 0.355 e. The Labute approximate surface area is 94.6 Å². The molecule has 4 heteroatoms. The molecule has 0 bridgehead atoms. The van der Waals surface area contributed by atoms with E-state index in [0.29, 0.717) is 12.0 Å². The van der Waals surface area contributed by atoms with E-state index in [1.54, 1.807) is 11.3 Å². The summed E-state index contributed by atoms with van der Waals surface area (Å²) < 4.78 is 0. The molecule has 0 radical (unpaired) electrons. The van der Waals surface area contributed by atoms with Crippen molar-refractivity contribution in [2.45, 2.75) is 19.9 Å². The molecule has 1 aliphatic rings. The third-order valence-corrected chi connectivity index (χ3v) is 3.44. The fourth-order valence-corrected chi connectivity index (χ4v) is 2.63. The summed E-state index contributed by atoms with van der Waals surface area (Å²) in [4.78, 5) is 5.74. The molecule has 0 saturated heterocycles. The van der Waals surface area contributed by atoms with Crippen molar-refractivity contribution in [3.63, 3.8) is 0 Å². The van der Waals surface area contributed by atoms with Crippen molar-refractivity contribution < 1.29 is 0 Å². The minimum atomic E-state index is 0.370. The van der Waals surface area contributed by atoms with Crippen LogP contribution in [-0.2, 0) is 0 Å². The van der Waals surface area contributed by atoms with Gasteiger partial charge in [0.2, 0.25) is 0 Å². The van der Waals surface area contributed by atoms with Crippen LogP contribution in [0.3, 0.4) is 0 Å². The van der Waals surface area contributed by atoms with Crippen LogP contribution in [0.1, 0.15) is 24.8 Å². The van der Waals surface area contributed by atoms with E-state index in [2.05, 4.69) is 47.0 Å². The molecular formula is C11H17N3S. The second-order valence-corrected chi connectivity index (χ2v) is 5.02. The van der Waals surface area contributed by atoms with Gasteiger partial charge in [0.05, 0.1) is 12.6 Å². The van der Waals surface area contributed by atoms with Crippen LogP contribution in [0.25, 0.3) is 0 Å². The summed E-state index contributed by atoms with van der Waals surface area (Å²) in [6.45, 7) is 6.30. The summed E-state index contributed by atoms with van der Waals surface area (Å²) in [6.07, 6.45) is 0. The average molecular weight is 223 g/mol. The summed E-state index contributed by atoms with van der Waals surface area (Å²) in [5.41, 5.74) is 0. The van der Waals surface area contributed by atoms with E-state index in [4.69, 9.17) is 0 Å². The molecule has 82 valence electrons. The lowest BCUT2D eigenvalue weighted by Gasteiger charge is -2.22. The van der Waals surface area contributed by atoms with Gasteiger partial charge in [-0.2, -0.15) is 0 Å². The first kappa shape index (κ1) is 10.5. The van der Waals surface area contributed by atoms with Crippen molar-refractivity contribution >= 4 is 17.3 Å². The minimum absolute atomic E-state index is 0.370. The maximum absolute atomic E-state index is 4.37. The van der Waals surface area contributed by atoms with Crippen molar-refractivity contribution in [3.8, 4) is 0 Å². The van der Waals surface area contributed by atoms with Crippen LogP contribution in [0, 0.1) is 5.92 Å². The zero-order valence-corrected chi connectivity index (χ0v) is 9.97. The maximum atomic E-state index is 4.37. The Hall–Kier alpha value is -1.03. The van der Waals surface area contributed by atoms with Gasteiger partial charge < -0.3 is 10.6 Å². The quantitative estimate of drug-likeness (QED) is 0.822. The highest BCUT2D eigenvalue weighted by atomic mass is 32.1. The van der Waals surface area contributed by atoms with Crippen molar-refractivity contribution in [2.24, 2.45) is 10.9 Å². The first-order valence-electron chi connectivity index (χ1n) is 5.35. The van der Waals surface area contributed by atoms with Gasteiger partial charge >= 0.3 is 0 Å². The van der Waals surface area contributed by atoms with Gasteiger partial charge in [-0.25, -0.2) is 0 Å². The van der Waals surface area contributed by atoms with E-state index in [1.165, 1.54) is 4.88 Å². The molecule has 0 amide bonds. The van der Waals surface area contributed by atoms with Gasteiger partial charge in [-0.05, 0) is 17.4 Å². The van der Waals surface area contributed by atoms with E-state index in [1.807, 2.05) is 0 Å². The fraction of sp³-hybridized carbons (Fsp3) is 0.545. The fourth-order valence-electron chi connectivity index (χ4n) is 1.68. The normalized spacial score (nSPS) is 17.4. The number of aliphatic imine (C=N–C) groups is 1. The number of hydrogen-bond donors (Lipinski definition) is 2. The van der Waals surface area contributed by atoms with Gasteiger partial charge in [0.1, 0.15) is 0 Å². The average Bonchev–Trinajstić information content (AvgIpc) is 2.87. The molecule has 1 aliphatic heterocycles. The van der Waals surface area contributed by atoms with Crippen LogP contribution < -0.4 is 10.6 Å². The van der Waals surface area contributed by atoms with Crippen molar-refractivity contribution in [1.29, 1.82) is 0 Å². The van der Waals surface area contributed by atoms with Crippen LogP contribution in [0.2, 0.25) is 0 Å². The molecular weight excluding hydrogens is 206 g/mol. The van der Waals surface area contributed by atoms with E-state index in [0.717, 1.165) is 19.0 Å². The van der Waals surface area contributed by atoms with Crippen molar-refractivity contribution in [1.82, 2.24) is 10.6 Å². The van der Waals surface area contributed by atoms with Crippen LogP contribution >= 0.6 is 11.3 Å². The van der Waals surface area contributed by atoms with Gasteiger partial charge in [0.15, 0.2) is 5.96 Å². The highest BCUT2D eigenvalue weighted by Gasteiger charge is 2.19. The van der Waals surface area contributed by atoms with Crippen LogP contribution in [0.5, 0.6) is 0 Å². The molecule has 0 saturated carbocycles. The molecule has 2 heterocycles. The van der Waals surface area contributed by atoms with Gasteiger partial charge in [-0.3, -0.25) is 4.99 Å². The van der Waals surface area contributed by atoms with Gasteiger partial charge in [0, 0.05) is 11.4 Å². The third kappa shape index (κ3) is 2.50. The predicted molar refractivity (Wildman–Crippen MR) is 65.3 cm³/mol. The van der Waals surface area contributed by atoms with Crippen LogP contribution in [0.15, 0.2) is 22.5 Å². The molecule has 0 aliphatic carbocycles. The van der Waals surface area contributed by atoms with E-state index in [9.17, 15) is 0 Å². The lowest BCUT2D eigenvalue weighted by atomic mass is 10.0. The molecule has 3 nitrogen and oxygen atoms in total. The summed E-state index contributed by atoms with van der Waals surface area (Å²) in [5, 5.41) is 8.84. The Morgan fingerprint density at radius 1 is 1.53 bits per heavy atom. The first-order valence-corrected chi connectivity index (χ1v) is 6.23. The van der Waals surface area contributed by atoms with Crippen LogP contribution in [-0.4, -0.2) is 19.0 Å². The number of hydrogen-bond acceptors (Lipinski definition) is 4. The monoisotopic (exact) mass is 223 g/mol. The Morgan fingerprint density at radius 3 is 2.93 bits per heavy atom. The molecule has 1 aromatic heterocycles. The maximum Gasteiger partial charge on any atom is 0.191 e. The number of rotatable bonds is 3.